The predicted molar refractivity (Wildman–Crippen MR) is 76.2 cm³/mol. The van der Waals surface area contributed by atoms with E-state index in [-0.39, 0.29) is 11.7 Å². The second-order valence-corrected chi connectivity index (χ2v) is 7.40. The number of hydrogen-bond donors (Lipinski definition) is 1. The van der Waals surface area contributed by atoms with Gasteiger partial charge in [-0.15, -0.1) is 0 Å². The Balaban J connectivity index is 1.95. The molecule has 0 radical (unpaired) electrons. The zero-order valence-corrected chi connectivity index (χ0v) is 12.1. The highest BCUT2D eigenvalue weighted by Crippen LogP contribution is 2.52. The lowest BCUT2D eigenvalue weighted by atomic mass is 9.63. The van der Waals surface area contributed by atoms with Gasteiger partial charge in [-0.25, -0.2) is 0 Å². The number of hydrogen-bond acceptors (Lipinski definition) is 2. The molecule has 1 aromatic carbocycles. The quantitative estimate of drug-likeness (QED) is 0.761. The first-order chi connectivity index (χ1) is 8.89. The van der Waals surface area contributed by atoms with Crippen molar-refractivity contribution in [3.63, 3.8) is 0 Å². The van der Waals surface area contributed by atoms with Crippen molar-refractivity contribution in [1.82, 2.24) is 0 Å². The van der Waals surface area contributed by atoms with Crippen molar-refractivity contribution in [2.24, 2.45) is 11.3 Å². The van der Waals surface area contributed by atoms with Crippen LogP contribution in [0.1, 0.15) is 58.1 Å². The number of ether oxygens (including phenoxy) is 1. The predicted octanol–water partition coefficient (Wildman–Crippen LogP) is 4.09. The van der Waals surface area contributed by atoms with Gasteiger partial charge in [0.1, 0.15) is 11.4 Å². The molecule has 0 saturated heterocycles. The third-order valence-corrected chi connectivity index (χ3v) is 4.59. The molecule has 3 atom stereocenters. The highest BCUT2D eigenvalue weighted by Gasteiger charge is 2.48. The molecule has 1 heterocycles. The second kappa shape index (κ2) is 4.24. The van der Waals surface area contributed by atoms with Crippen molar-refractivity contribution in [3.8, 4) is 5.75 Å². The topological polar surface area (TPSA) is 29.5 Å². The number of aliphatic hydroxyl groups excluding tert-OH is 1. The number of para-hydroxylation sites is 1. The van der Waals surface area contributed by atoms with Crippen molar-refractivity contribution >= 4 is 0 Å². The number of benzene rings is 1. The molecule has 0 amide bonds. The van der Waals surface area contributed by atoms with E-state index in [1.165, 1.54) is 6.42 Å². The maximum atomic E-state index is 10.5. The molecule has 3 unspecified atom stereocenters. The van der Waals surface area contributed by atoms with Gasteiger partial charge in [0, 0.05) is 12.0 Å². The number of aliphatic hydroxyl groups is 1. The summed E-state index contributed by atoms with van der Waals surface area (Å²) in [4.78, 5) is 0. The molecule has 1 fully saturated rings. The van der Waals surface area contributed by atoms with E-state index in [0.717, 1.165) is 30.6 Å². The van der Waals surface area contributed by atoms with Crippen molar-refractivity contribution in [1.29, 1.82) is 0 Å². The molecule has 2 aliphatic rings. The highest BCUT2D eigenvalue weighted by atomic mass is 16.5. The smallest absolute Gasteiger partial charge is 0.125 e. The first-order valence-corrected chi connectivity index (χ1v) is 7.35. The molecule has 1 aliphatic carbocycles. The van der Waals surface area contributed by atoms with E-state index in [2.05, 4.69) is 20.8 Å². The Morgan fingerprint density at radius 1 is 1.16 bits per heavy atom. The highest BCUT2D eigenvalue weighted by molar-refractivity contribution is 5.38. The van der Waals surface area contributed by atoms with Crippen molar-refractivity contribution in [3.05, 3.63) is 29.8 Å². The molecule has 1 saturated carbocycles. The third-order valence-electron chi connectivity index (χ3n) is 4.59. The van der Waals surface area contributed by atoms with E-state index in [1.54, 1.807) is 0 Å². The minimum Gasteiger partial charge on any atom is -0.487 e. The van der Waals surface area contributed by atoms with E-state index in [4.69, 9.17) is 4.74 Å². The lowest BCUT2D eigenvalue weighted by molar-refractivity contribution is -0.0822. The lowest BCUT2D eigenvalue weighted by Crippen LogP contribution is -2.49. The average molecular weight is 260 g/mol. The van der Waals surface area contributed by atoms with E-state index >= 15 is 0 Å². The fraction of sp³-hybridized carbons (Fsp3) is 0.647. The SMILES string of the molecule is CC1CC(C)(C)CC2(C1)CC(O)c1ccccc1O2. The van der Waals surface area contributed by atoms with Gasteiger partial charge in [-0.05, 0) is 36.7 Å². The largest absolute Gasteiger partial charge is 0.487 e. The Bertz CT molecular complexity index is 480. The summed E-state index contributed by atoms with van der Waals surface area (Å²) >= 11 is 0. The van der Waals surface area contributed by atoms with Crippen molar-refractivity contribution < 1.29 is 9.84 Å². The van der Waals surface area contributed by atoms with Crippen LogP contribution in [0.3, 0.4) is 0 Å². The molecule has 2 heteroatoms. The monoisotopic (exact) mass is 260 g/mol. The van der Waals surface area contributed by atoms with Gasteiger partial charge in [-0.1, -0.05) is 39.0 Å². The maximum absolute atomic E-state index is 10.5. The van der Waals surface area contributed by atoms with E-state index in [0.29, 0.717) is 11.3 Å². The Labute approximate surface area is 115 Å². The molecule has 2 nitrogen and oxygen atoms in total. The molecule has 3 rings (SSSR count). The fourth-order valence-corrected chi connectivity index (χ4v) is 4.49. The minimum absolute atomic E-state index is 0.172. The van der Waals surface area contributed by atoms with Gasteiger partial charge in [0.2, 0.25) is 0 Å². The van der Waals surface area contributed by atoms with Crippen LogP contribution in [0.15, 0.2) is 24.3 Å². The summed E-state index contributed by atoms with van der Waals surface area (Å²) in [6.45, 7) is 6.94. The molecule has 1 spiro atoms. The third kappa shape index (κ3) is 2.38. The van der Waals surface area contributed by atoms with Gasteiger partial charge in [-0.3, -0.25) is 0 Å². The van der Waals surface area contributed by atoms with Crippen molar-refractivity contribution in [2.45, 2.75) is 58.2 Å². The van der Waals surface area contributed by atoms with Crippen LogP contribution in [-0.4, -0.2) is 10.7 Å². The molecule has 1 aromatic rings. The van der Waals surface area contributed by atoms with Gasteiger partial charge >= 0.3 is 0 Å². The molecular formula is C17H24O2. The van der Waals surface area contributed by atoms with Crippen LogP contribution in [0.25, 0.3) is 0 Å². The van der Waals surface area contributed by atoms with Crippen LogP contribution < -0.4 is 4.74 Å². The number of rotatable bonds is 0. The van der Waals surface area contributed by atoms with E-state index in [1.807, 2.05) is 24.3 Å². The van der Waals surface area contributed by atoms with Gasteiger partial charge in [0.05, 0.1) is 6.10 Å². The summed E-state index contributed by atoms with van der Waals surface area (Å²) in [5.74, 6) is 1.53. The fourth-order valence-electron chi connectivity index (χ4n) is 4.49. The summed E-state index contributed by atoms with van der Waals surface area (Å²) in [5.41, 5.74) is 1.07. The summed E-state index contributed by atoms with van der Waals surface area (Å²) in [6, 6.07) is 7.93. The Morgan fingerprint density at radius 2 is 1.89 bits per heavy atom. The first kappa shape index (κ1) is 13.0. The van der Waals surface area contributed by atoms with Crippen LogP contribution in [0.4, 0.5) is 0 Å². The second-order valence-electron chi connectivity index (χ2n) is 7.40. The van der Waals surface area contributed by atoms with Gasteiger partial charge in [0.15, 0.2) is 0 Å². The van der Waals surface area contributed by atoms with Crippen LogP contribution in [0.5, 0.6) is 5.75 Å². The van der Waals surface area contributed by atoms with E-state index < -0.39 is 0 Å². The zero-order chi connectivity index (χ0) is 13.7. The Hall–Kier alpha value is -1.02. The Kier molecular flexibility index (Phi) is 2.90. The number of fused-ring (bicyclic) bond motifs is 1. The van der Waals surface area contributed by atoms with Crippen LogP contribution in [0, 0.1) is 11.3 Å². The summed E-state index contributed by atoms with van der Waals surface area (Å²) in [7, 11) is 0. The van der Waals surface area contributed by atoms with Gasteiger partial charge < -0.3 is 9.84 Å². The van der Waals surface area contributed by atoms with Gasteiger partial charge in [-0.2, -0.15) is 0 Å². The summed E-state index contributed by atoms with van der Waals surface area (Å²) < 4.78 is 6.38. The lowest BCUT2D eigenvalue weighted by Gasteiger charge is -2.50. The molecular weight excluding hydrogens is 236 g/mol. The van der Waals surface area contributed by atoms with Crippen LogP contribution in [0.2, 0.25) is 0 Å². The van der Waals surface area contributed by atoms with Crippen LogP contribution >= 0.6 is 0 Å². The molecule has 104 valence electrons. The molecule has 1 aliphatic heterocycles. The molecule has 19 heavy (non-hydrogen) atoms. The van der Waals surface area contributed by atoms with E-state index in [9.17, 15) is 5.11 Å². The van der Waals surface area contributed by atoms with Gasteiger partial charge in [0.25, 0.3) is 0 Å². The molecule has 0 bridgehead atoms. The maximum Gasteiger partial charge on any atom is 0.125 e. The van der Waals surface area contributed by atoms with Crippen molar-refractivity contribution in [2.75, 3.05) is 0 Å². The molecule has 0 aromatic heterocycles. The summed E-state index contributed by atoms with van der Waals surface area (Å²) in [6.07, 6.45) is 3.69. The normalized spacial score (nSPS) is 36.6. The standard InChI is InChI=1S/C17H24O2/c1-12-8-16(2,3)11-17(9-12)10-14(18)13-6-4-5-7-15(13)19-17/h4-7,12,14,18H,8-11H2,1-3H3. The van der Waals surface area contributed by atoms with Crippen LogP contribution in [-0.2, 0) is 0 Å². The summed E-state index contributed by atoms with van der Waals surface area (Å²) in [5, 5.41) is 10.5. The minimum atomic E-state index is -0.383. The Morgan fingerprint density at radius 3 is 2.63 bits per heavy atom. The molecule has 1 N–H and O–H groups in total. The zero-order valence-electron chi connectivity index (χ0n) is 12.1. The first-order valence-electron chi connectivity index (χ1n) is 7.35. The average Bonchev–Trinajstić information content (AvgIpc) is 2.25.